The van der Waals surface area contributed by atoms with Crippen LogP contribution in [0.15, 0.2) is 29.3 Å². The molecule has 0 saturated carbocycles. The SMILES string of the molecule is COc1ccc(CN2CCC(CN=C(N)N3CCOCC3)CC2)cc1. The highest BCUT2D eigenvalue weighted by atomic mass is 16.5. The summed E-state index contributed by atoms with van der Waals surface area (Å²) in [5, 5.41) is 0. The Balaban J connectivity index is 1.40. The third-order valence-corrected chi connectivity index (χ3v) is 5.12. The van der Waals surface area contributed by atoms with E-state index in [4.69, 9.17) is 15.2 Å². The van der Waals surface area contributed by atoms with E-state index in [9.17, 15) is 0 Å². The van der Waals surface area contributed by atoms with E-state index in [-0.39, 0.29) is 0 Å². The van der Waals surface area contributed by atoms with Crippen molar-refractivity contribution >= 4 is 5.96 Å². The Morgan fingerprint density at radius 1 is 1.16 bits per heavy atom. The number of likely N-dealkylation sites (tertiary alicyclic amines) is 1. The lowest BCUT2D eigenvalue weighted by atomic mass is 9.96. The van der Waals surface area contributed by atoms with E-state index in [0.717, 1.165) is 58.2 Å². The number of aliphatic imine (C=N–C) groups is 1. The summed E-state index contributed by atoms with van der Waals surface area (Å²) in [6, 6.07) is 8.37. The first-order valence-electron chi connectivity index (χ1n) is 9.22. The van der Waals surface area contributed by atoms with E-state index < -0.39 is 0 Å². The average molecular weight is 346 g/mol. The maximum absolute atomic E-state index is 6.12. The summed E-state index contributed by atoms with van der Waals surface area (Å²) in [5.74, 6) is 2.24. The van der Waals surface area contributed by atoms with Crippen LogP contribution in [0.3, 0.4) is 0 Å². The molecule has 1 aromatic rings. The van der Waals surface area contributed by atoms with Crippen molar-refractivity contribution in [2.75, 3.05) is 53.0 Å². The smallest absolute Gasteiger partial charge is 0.191 e. The van der Waals surface area contributed by atoms with Crippen molar-refractivity contribution in [3.8, 4) is 5.75 Å². The second-order valence-electron chi connectivity index (χ2n) is 6.87. The van der Waals surface area contributed by atoms with Crippen molar-refractivity contribution in [2.45, 2.75) is 19.4 Å². The van der Waals surface area contributed by atoms with Gasteiger partial charge in [-0.15, -0.1) is 0 Å². The fourth-order valence-electron chi connectivity index (χ4n) is 3.43. The van der Waals surface area contributed by atoms with E-state index in [1.54, 1.807) is 7.11 Å². The minimum absolute atomic E-state index is 0.645. The molecule has 6 heteroatoms. The summed E-state index contributed by atoms with van der Waals surface area (Å²) in [6.07, 6.45) is 2.38. The van der Waals surface area contributed by atoms with Crippen molar-refractivity contribution in [3.63, 3.8) is 0 Å². The van der Waals surface area contributed by atoms with Crippen LogP contribution >= 0.6 is 0 Å². The van der Waals surface area contributed by atoms with Gasteiger partial charge in [-0.05, 0) is 49.5 Å². The summed E-state index contributed by atoms with van der Waals surface area (Å²) in [7, 11) is 1.70. The first kappa shape index (κ1) is 18.0. The minimum atomic E-state index is 0.645. The van der Waals surface area contributed by atoms with Crippen LogP contribution in [0.4, 0.5) is 0 Å². The zero-order valence-electron chi connectivity index (χ0n) is 15.2. The molecular formula is C19H30N4O2. The van der Waals surface area contributed by atoms with Crippen molar-refractivity contribution in [2.24, 2.45) is 16.6 Å². The second kappa shape index (κ2) is 9.06. The molecule has 0 amide bonds. The molecule has 3 rings (SSSR count). The van der Waals surface area contributed by atoms with E-state index in [1.165, 1.54) is 18.4 Å². The van der Waals surface area contributed by atoms with Crippen molar-refractivity contribution in [3.05, 3.63) is 29.8 Å². The number of nitrogens with zero attached hydrogens (tertiary/aromatic N) is 3. The molecule has 0 aromatic heterocycles. The third kappa shape index (κ3) is 5.34. The van der Waals surface area contributed by atoms with Gasteiger partial charge in [0.05, 0.1) is 20.3 Å². The van der Waals surface area contributed by atoms with Gasteiger partial charge in [0.2, 0.25) is 0 Å². The van der Waals surface area contributed by atoms with Crippen LogP contribution in [-0.2, 0) is 11.3 Å². The number of nitrogens with two attached hydrogens (primary N) is 1. The Morgan fingerprint density at radius 3 is 2.48 bits per heavy atom. The number of benzene rings is 1. The maximum atomic E-state index is 6.12. The van der Waals surface area contributed by atoms with Crippen molar-refractivity contribution in [1.82, 2.24) is 9.80 Å². The molecule has 2 aliphatic rings. The Morgan fingerprint density at radius 2 is 1.84 bits per heavy atom. The lowest BCUT2D eigenvalue weighted by Gasteiger charge is -2.32. The van der Waals surface area contributed by atoms with Crippen LogP contribution in [0, 0.1) is 5.92 Å². The summed E-state index contributed by atoms with van der Waals surface area (Å²) in [6.45, 7) is 7.33. The van der Waals surface area contributed by atoms with Crippen molar-refractivity contribution < 1.29 is 9.47 Å². The molecular weight excluding hydrogens is 316 g/mol. The Kier molecular flexibility index (Phi) is 6.53. The molecule has 25 heavy (non-hydrogen) atoms. The largest absolute Gasteiger partial charge is 0.497 e. The molecule has 2 fully saturated rings. The Bertz CT molecular complexity index is 547. The maximum Gasteiger partial charge on any atom is 0.191 e. The van der Waals surface area contributed by atoms with Crippen molar-refractivity contribution in [1.29, 1.82) is 0 Å². The van der Waals surface area contributed by atoms with Gasteiger partial charge in [-0.1, -0.05) is 12.1 Å². The van der Waals surface area contributed by atoms with Crippen LogP contribution in [0.25, 0.3) is 0 Å². The average Bonchev–Trinajstić information content (AvgIpc) is 2.68. The highest BCUT2D eigenvalue weighted by Crippen LogP contribution is 2.20. The number of piperidine rings is 1. The fraction of sp³-hybridized carbons (Fsp3) is 0.632. The molecule has 2 aliphatic heterocycles. The molecule has 138 valence electrons. The fourth-order valence-corrected chi connectivity index (χ4v) is 3.43. The standard InChI is InChI=1S/C19H30N4O2/c1-24-18-4-2-17(3-5-18)15-22-8-6-16(7-9-22)14-21-19(20)23-10-12-25-13-11-23/h2-5,16H,6-15H2,1H3,(H2,20,21). The molecule has 0 atom stereocenters. The van der Waals surface area contributed by atoms with Crippen LogP contribution < -0.4 is 10.5 Å². The van der Waals surface area contributed by atoms with E-state index in [2.05, 4.69) is 26.9 Å². The zero-order valence-corrected chi connectivity index (χ0v) is 15.2. The highest BCUT2D eigenvalue weighted by molar-refractivity contribution is 5.78. The van der Waals surface area contributed by atoms with Crippen LogP contribution in [-0.4, -0.2) is 68.8 Å². The molecule has 2 N–H and O–H groups in total. The molecule has 0 aliphatic carbocycles. The van der Waals surface area contributed by atoms with Gasteiger partial charge in [-0.3, -0.25) is 9.89 Å². The van der Waals surface area contributed by atoms with Gasteiger partial charge < -0.3 is 20.1 Å². The van der Waals surface area contributed by atoms with E-state index in [1.807, 2.05) is 12.1 Å². The molecule has 6 nitrogen and oxygen atoms in total. The number of methoxy groups -OCH3 is 1. The van der Waals surface area contributed by atoms with Gasteiger partial charge in [-0.2, -0.15) is 0 Å². The monoisotopic (exact) mass is 346 g/mol. The lowest BCUT2D eigenvalue weighted by Crippen LogP contribution is -2.45. The number of hydrogen-bond donors (Lipinski definition) is 1. The Labute approximate surface area is 150 Å². The molecule has 2 saturated heterocycles. The number of guanidine groups is 1. The first-order valence-corrected chi connectivity index (χ1v) is 9.22. The van der Waals surface area contributed by atoms with Crippen LogP contribution in [0.2, 0.25) is 0 Å². The number of hydrogen-bond acceptors (Lipinski definition) is 4. The normalized spacial score (nSPS) is 20.7. The van der Waals surface area contributed by atoms with Gasteiger partial charge in [0, 0.05) is 26.2 Å². The minimum Gasteiger partial charge on any atom is -0.497 e. The van der Waals surface area contributed by atoms with Crippen LogP contribution in [0.1, 0.15) is 18.4 Å². The summed E-state index contributed by atoms with van der Waals surface area (Å²) >= 11 is 0. The summed E-state index contributed by atoms with van der Waals surface area (Å²) in [5.41, 5.74) is 7.46. The summed E-state index contributed by atoms with van der Waals surface area (Å²) in [4.78, 5) is 9.28. The van der Waals surface area contributed by atoms with Gasteiger partial charge >= 0.3 is 0 Å². The van der Waals surface area contributed by atoms with E-state index >= 15 is 0 Å². The number of ether oxygens (including phenoxy) is 2. The number of rotatable bonds is 5. The molecule has 0 spiro atoms. The molecule has 0 bridgehead atoms. The molecule has 0 unspecified atom stereocenters. The predicted molar refractivity (Wildman–Crippen MR) is 99.9 cm³/mol. The Hall–Kier alpha value is -1.79. The second-order valence-corrected chi connectivity index (χ2v) is 6.87. The molecule has 1 aromatic carbocycles. The number of morpholine rings is 1. The van der Waals surface area contributed by atoms with Crippen LogP contribution in [0.5, 0.6) is 5.75 Å². The van der Waals surface area contributed by atoms with E-state index in [0.29, 0.717) is 11.9 Å². The predicted octanol–water partition coefficient (Wildman–Crippen LogP) is 1.55. The molecule has 0 radical (unpaired) electrons. The lowest BCUT2D eigenvalue weighted by molar-refractivity contribution is 0.0673. The van der Waals surface area contributed by atoms with Gasteiger partial charge in [0.1, 0.15) is 5.75 Å². The highest BCUT2D eigenvalue weighted by Gasteiger charge is 2.20. The summed E-state index contributed by atoms with van der Waals surface area (Å²) < 4.78 is 10.6. The third-order valence-electron chi connectivity index (χ3n) is 5.12. The first-order chi connectivity index (χ1) is 12.2. The van der Waals surface area contributed by atoms with Gasteiger partial charge in [-0.25, -0.2) is 0 Å². The topological polar surface area (TPSA) is 63.3 Å². The van der Waals surface area contributed by atoms with Gasteiger partial charge in [0.25, 0.3) is 0 Å². The molecule has 2 heterocycles. The van der Waals surface area contributed by atoms with Gasteiger partial charge in [0.15, 0.2) is 5.96 Å². The zero-order chi connectivity index (χ0) is 17.5. The quantitative estimate of drug-likeness (QED) is 0.647.